The molecule has 3 N–H and O–H groups in total. The smallest absolute Gasteiger partial charge is 0.405 e. The molecule has 1 aromatic rings. The van der Waals surface area contributed by atoms with Crippen molar-refractivity contribution in [2.45, 2.75) is 31.8 Å². The van der Waals surface area contributed by atoms with Crippen molar-refractivity contribution in [3.8, 4) is 5.75 Å². The molecule has 3 atom stereocenters. The van der Waals surface area contributed by atoms with Crippen LogP contribution in [0.5, 0.6) is 5.75 Å². The molecule has 2 aliphatic rings. The molecule has 0 unspecified atom stereocenters. The second kappa shape index (κ2) is 4.89. The van der Waals surface area contributed by atoms with E-state index < -0.39 is 6.09 Å². The Morgan fingerprint density at radius 1 is 1.45 bits per heavy atom. The Kier molecular flexibility index (Phi) is 3.20. The van der Waals surface area contributed by atoms with Gasteiger partial charge >= 0.3 is 6.09 Å². The molecule has 0 aromatic heterocycles. The minimum Gasteiger partial charge on any atom is -0.497 e. The van der Waals surface area contributed by atoms with E-state index in [-0.39, 0.29) is 12.0 Å². The van der Waals surface area contributed by atoms with E-state index in [9.17, 15) is 4.79 Å². The summed E-state index contributed by atoms with van der Waals surface area (Å²) in [7, 11) is 1.64. The minimum atomic E-state index is -0.972. The maximum absolute atomic E-state index is 11.1. The number of nitrogens with one attached hydrogen (secondary N) is 2. The van der Waals surface area contributed by atoms with Crippen LogP contribution in [0.2, 0.25) is 0 Å². The number of hydrogen-bond acceptors (Lipinski definition) is 3. The van der Waals surface area contributed by atoms with Gasteiger partial charge in [-0.05, 0) is 30.4 Å². The van der Waals surface area contributed by atoms with Crippen molar-refractivity contribution in [1.82, 2.24) is 5.32 Å². The molecule has 1 amide bonds. The second-order valence-electron chi connectivity index (χ2n) is 5.75. The normalized spacial score (nSPS) is 28.2. The van der Waals surface area contributed by atoms with E-state index in [0.717, 1.165) is 17.0 Å². The van der Waals surface area contributed by atoms with Gasteiger partial charge in [0.05, 0.1) is 13.2 Å². The molecule has 3 rings (SSSR count). The standard InChI is InChI=1S/C15H20N2O3/c1-8-13(9-3-4-9)16-12-7-10(20-2)5-6-11(12)14(8)17-15(18)19/h5-9,13-14,16-17H,3-4H2,1-2H3,(H,18,19)/t8-,13+,14-/m1/s1. The first kappa shape index (κ1) is 13.1. The Balaban J connectivity index is 1.97. The van der Waals surface area contributed by atoms with E-state index in [2.05, 4.69) is 17.6 Å². The van der Waals surface area contributed by atoms with E-state index in [1.165, 1.54) is 12.8 Å². The molecule has 0 saturated heterocycles. The number of anilines is 1. The van der Waals surface area contributed by atoms with Crippen LogP contribution in [0.3, 0.4) is 0 Å². The first-order chi connectivity index (χ1) is 9.60. The van der Waals surface area contributed by atoms with Crippen LogP contribution < -0.4 is 15.4 Å². The van der Waals surface area contributed by atoms with Gasteiger partial charge in [0.2, 0.25) is 0 Å². The number of ether oxygens (including phenoxy) is 1. The largest absolute Gasteiger partial charge is 0.497 e. The summed E-state index contributed by atoms with van der Waals surface area (Å²) in [5, 5.41) is 15.3. The highest BCUT2D eigenvalue weighted by Gasteiger charge is 2.42. The van der Waals surface area contributed by atoms with Crippen molar-refractivity contribution in [2.75, 3.05) is 12.4 Å². The monoisotopic (exact) mass is 276 g/mol. The molecule has 1 saturated carbocycles. The lowest BCUT2D eigenvalue weighted by molar-refractivity contribution is 0.181. The Morgan fingerprint density at radius 3 is 2.80 bits per heavy atom. The molecule has 5 nitrogen and oxygen atoms in total. The van der Waals surface area contributed by atoms with Crippen LogP contribution in [0, 0.1) is 11.8 Å². The molecule has 0 radical (unpaired) electrons. The van der Waals surface area contributed by atoms with Gasteiger partial charge in [0.25, 0.3) is 0 Å². The average Bonchev–Trinajstić information content (AvgIpc) is 3.25. The summed E-state index contributed by atoms with van der Waals surface area (Å²) in [6.45, 7) is 2.11. The average molecular weight is 276 g/mol. The van der Waals surface area contributed by atoms with Gasteiger partial charge in [-0.25, -0.2) is 4.79 Å². The zero-order valence-electron chi connectivity index (χ0n) is 11.7. The summed E-state index contributed by atoms with van der Waals surface area (Å²) in [4.78, 5) is 11.1. The van der Waals surface area contributed by atoms with E-state index >= 15 is 0 Å². The number of methoxy groups -OCH3 is 1. The maximum atomic E-state index is 11.1. The predicted octanol–water partition coefficient (Wildman–Crippen LogP) is 2.84. The van der Waals surface area contributed by atoms with Gasteiger partial charge in [-0.3, -0.25) is 0 Å². The SMILES string of the molecule is COc1ccc2c(c1)N[C@H](C1CC1)[C@@H](C)[C@H]2NC(=O)O. The van der Waals surface area contributed by atoms with Crippen LogP contribution in [-0.2, 0) is 0 Å². The first-order valence-corrected chi connectivity index (χ1v) is 7.04. The fourth-order valence-corrected chi connectivity index (χ4v) is 3.20. The van der Waals surface area contributed by atoms with Crippen LogP contribution in [0.25, 0.3) is 0 Å². The van der Waals surface area contributed by atoms with Gasteiger partial charge in [-0.15, -0.1) is 0 Å². The molecule has 5 heteroatoms. The van der Waals surface area contributed by atoms with Crippen LogP contribution >= 0.6 is 0 Å². The summed E-state index contributed by atoms with van der Waals surface area (Å²) < 4.78 is 5.26. The lowest BCUT2D eigenvalue weighted by Crippen LogP contribution is -2.44. The predicted molar refractivity (Wildman–Crippen MR) is 76.2 cm³/mol. The lowest BCUT2D eigenvalue weighted by atomic mass is 9.81. The third kappa shape index (κ3) is 2.28. The molecule has 1 aliphatic heterocycles. The summed E-state index contributed by atoms with van der Waals surface area (Å²) >= 11 is 0. The van der Waals surface area contributed by atoms with Crippen molar-refractivity contribution in [3.63, 3.8) is 0 Å². The highest BCUT2D eigenvalue weighted by Crippen LogP contribution is 2.46. The third-order valence-corrected chi connectivity index (χ3v) is 4.42. The maximum Gasteiger partial charge on any atom is 0.405 e. The van der Waals surface area contributed by atoms with Crippen LogP contribution in [-0.4, -0.2) is 24.4 Å². The number of carbonyl (C=O) groups is 1. The summed E-state index contributed by atoms with van der Waals surface area (Å²) in [5.41, 5.74) is 1.98. The molecule has 1 heterocycles. The summed E-state index contributed by atoms with van der Waals surface area (Å²) in [6.07, 6.45) is 1.47. The molecular formula is C15H20N2O3. The van der Waals surface area contributed by atoms with Crippen molar-refractivity contribution in [1.29, 1.82) is 0 Å². The topological polar surface area (TPSA) is 70.6 Å². The van der Waals surface area contributed by atoms with Crippen molar-refractivity contribution < 1.29 is 14.6 Å². The van der Waals surface area contributed by atoms with Crippen LogP contribution in [0.15, 0.2) is 18.2 Å². The second-order valence-corrected chi connectivity index (χ2v) is 5.75. The fraction of sp³-hybridized carbons (Fsp3) is 0.533. The third-order valence-electron chi connectivity index (χ3n) is 4.42. The van der Waals surface area contributed by atoms with Crippen molar-refractivity contribution in [2.24, 2.45) is 11.8 Å². The summed E-state index contributed by atoms with van der Waals surface area (Å²) in [6, 6.07) is 5.93. The molecule has 0 bridgehead atoms. The number of carboxylic acid groups (broad SMARTS) is 1. The fourth-order valence-electron chi connectivity index (χ4n) is 3.20. The lowest BCUT2D eigenvalue weighted by Gasteiger charge is -2.39. The first-order valence-electron chi connectivity index (χ1n) is 7.04. The van der Waals surface area contributed by atoms with Crippen molar-refractivity contribution in [3.05, 3.63) is 23.8 Å². The van der Waals surface area contributed by atoms with E-state index in [1.54, 1.807) is 7.11 Å². The molecular weight excluding hydrogens is 256 g/mol. The van der Waals surface area contributed by atoms with Gasteiger partial charge in [0.15, 0.2) is 0 Å². The Labute approximate surface area is 118 Å². The number of amides is 1. The van der Waals surface area contributed by atoms with E-state index in [1.807, 2.05) is 18.2 Å². The summed E-state index contributed by atoms with van der Waals surface area (Å²) in [5.74, 6) is 1.68. The Morgan fingerprint density at radius 2 is 2.20 bits per heavy atom. The number of rotatable bonds is 3. The zero-order chi connectivity index (χ0) is 14.3. The van der Waals surface area contributed by atoms with Crippen LogP contribution in [0.1, 0.15) is 31.4 Å². The number of benzene rings is 1. The number of fused-ring (bicyclic) bond motifs is 1. The van der Waals surface area contributed by atoms with E-state index in [4.69, 9.17) is 9.84 Å². The Hall–Kier alpha value is -1.91. The molecule has 20 heavy (non-hydrogen) atoms. The van der Waals surface area contributed by atoms with Gasteiger partial charge in [-0.1, -0.05) is 13.0 Å². The highest BCUT2D eigenvalue weighted by atomic mass is 16.5. The van der Waals surface area contributed by atoms with Gasteiger partial charge in [0.1, 0.15) is 5.75 Å². The molecule has 1 aliphatic carbocycles. The van der Waals surface area contributed by atoms with Gasteiger partial charge < -0.3 is 20.5 Å². The van der Waals surface area contributed by atoms with Crippen molar-refractivity contribution >= 4 is 11.8 Å². The zero-order valence-corrected chi connectivity index (χ0v) is 11.7. The van der Waals surface area contributed by atoms with E-state index in [0.29, 0.717) is 12.0 Å². The highest BCUT2D eigenvalue weighted by molar-refractivity contribution is 5.68. The quantitative estimate of drug-likeness (QED) is 0.794. The van der Waals surface area contributed by atoms with Gasteiger partial charge in [0, 0.05) is 23.7 Å². The molecule has 0 spiro atoms. The molecule has 1 fully saturated rings. The Bertz CT molecular complexity index is 528. The molecule has 1 aromatic carbocycles. The van der Waals surface area contributed by atoms with Gasteiger partial charge in [-0.2, -0.15) is 0 Å². The minimum absolute atomic E-state index is 0.166. The number of hydrogen-bond donors (Lipinski definition) is 3. The van der Waals surface area contributed by atoms with Crippen LogP contribution in [0.4, 0.5) is 10.5 Å². The molecule has 108 valence electrons.